The number of aliphatic hydroxyl groups is 1. The van der Waals surface area contributed by atoms with Gasteiger partial charge in [-0.2, -0.15) is 13.2 Å². The Kier molecular flexibility index (Phi) is 8.58. The standard InChI is InChI=1S/C32H36F3N5O3/c1-20-28(21(2)39-19-38-20)22-6-8-25(9-7-22)31(43)12-10-24(11-13-31)30(14-15-36-18-30)40-27(41)17-37-29(42)23-4-3-5-26(16-23)32(33,34)35/h3-9,16,19,24,36,43H,10-15,17-18H2,1-2H3,(H,37,42)(H,40,41)/t24?,30-,31?/m0/s1. The number of hydrogen-bond donors (Lipinski definition) is 4. The van der Waals surface area contributed by atoms with Crippen LogP contribution in [0.3, 0.4) is 0 Å². The average Bonchev–Trinajstić information content (AvgIpc) is 3.45. The van der Waals surface area contributed by atoms with Crippen molar-refractivity contribution in [3.63, 3.8) is 0 Å². The Morgan fingerprint density at radius 1 is 1.02 bits per heavy atom. The van der Waals surface area contributed by atoms with Gasteiger partial charge in [-0.1, -0.05) is 30.3 Å². The van der Waals surface area contributed by atoms with E-state index in [1.807, 2.05) is 38.1 Å². The smallest absolute Gasteiger partial charge is 0.385 e. The van der Waals surface area contributed by atoms with Gasteiger partial charge in [0, 0.05) is 29.1 Å². The van der Waals surface area contributed by atoms with Gasteiger partial charge < -0.3 is 21.1 Å². The fourth-order valence-corrected chi connectivity index (χ4v) is 6.58. The van der Waals surface area contributed by atoms with Crippen LogP contribution in [-0.4, -0.2) is 52.1 Å². The van der Waals surface area contributed by atoms with Gasteiger partial charge in [0.05, 0.1) is 23.2 Å². The summed E-state index contributed by atoms with van der Waals surface area (Å²) in [4.78, 5) is 34.1. The molecule has 2 fully saturated rings. The maximum absolute atomic E-state index is 13.0. The predicted octanol–water partition coefficient (Wildman–Crippen LogP) is 4.44. The zero-order valence-electron chi connectivity index (χ0n) is 24.2. The van der Waals surface area contributed by atoms with Crippen molar-refractivity contribution < 1.29 is 27.9 Å². The van der Waals surface area contributed by atoms with Crippen LogP contribution in [0.15, 0.2) is 54.9 Å². The van der Waals surface area contributed by atoms with E-state index < -0.39 is 34.7 Å². The number of hydrogen-bond acceptors (Lipinski definition) is 6. The van der Waals surface area contributed by atoms with Crippen molar-refractivity contribution in [1.29, 1.82) is 0 Å². The van der Waals surface area contributed by atoms with Crippen molar-refractivity contribution in [1.82, 2.24) is 25.9 Å². The lowest BCUT2D eigenvalue weighted by atomic mass is 9.68. The van der Waals surface area contributed by atoms with Crippen molar-refractivity contribution in [2.75, 3.05) is 19.6 Å². The van der Waals surface area contributed by atoms with Crippen molar-refractivity contribution in [3.8, 4) is 11.1 Å². The molecule has 8 nitrogen and oxygen atoms in total. The monoisotopic (exact) mass is 595 g/mol. The summed E-state index contributed by atoms with van der Waals surface area (Å²) in [5.41, 5.74) is 2.01. The van der Waals surface area contributed by atoms with Crippen molar-refractivity contribution in [2.24, 2.45) is 5.92 Å². The molecule has 0 radical (unpaired) electrons. The lowest BCUT2D eigenvalue weighted by Crippen LogP contribution is -2.58. The topological polar surface area (TPSA) is 116 Å². The summed E-state index contributed by atoms with van der Waals surface area (Å²) in [6.45, 7) is 4.83. The van der Waals surface area contributed by atoms with Crippen LogP contribution in [0.5, 0.6) is 0 Å². The first-order chi connectivity index (χ1) is 20.4. The molecule has 0 spiro atoms. The summed E-state index contributed by atoms with van der Waals surface area (Å²) in [5.74, 6) is -1.05. The van der Waals surface area contributed by atoms with E-state index in [0.29, 0.717) is 38.6 Å². The fourth-order valence-electron chi connectivity index (χ4n) is 6.58. The highest BCUT2D eigenvalue weighted by molar-refractivity contribution is 5.96. The predicted molar refractivity (Wildman–Crippen MR) is 155 cm³/mol. The highest BCUT2D eigenvalue weighted by atomic mass is 19.4. The van der Waals surface area contributed by atoms with Gasteiger partial charge in [0.2, 0.25) is 5.91 Å². The first-order valence-corrected chi connectivity index (χ1v) is 14.5. The van der Waals surface area contributed by atoms with E-state index in [4.69, 9.17) is 0 Å². The second-order valence-electron chi connectivity index (χ2n) is 11.7. The summed E-state index contributed by atoms with van der Waals surface area (Å²) < 4.78 is 39.1. The zero-order valence-corrected chi connectivity index (χ0v) is 24.2. The Labute approximate surface area is 248 Å². The second kappa shape index (κ2) is 12.0. The van der Waals surface area contributed by atoms with E-state index in [-0.39, 0.29) is 18.0 Å². The number of aromatic nitrogens is 2. The molecule has 3 aromatic rings. The summed E-state index contributed by atoms with van der Waals surface area (Å²) in [5, 5.41) is 20.5. The lowest BCUT2D eigenvalue weighted by Gasteiger charge is -2.44. The summed E-state index contributed by atoms with van der Waals surface area (Å²) in [6.07, 6.45) is 0.149. The van der Waals surface area contributed by atoms with Crippen LogP contribution < -0.4 is 16.0 Å². The molecule has 2 aliphatic rings. The second-order valence-corrected chi connectivity index (χ2v) is 11.7. The molecule has 2 heterocycles. The molecule has 0 bridgehead atoms. The number of rotatable bonds is 7. The first-order valence-electron chi connectivity index (χ1n) is 14.5. The van der Waals surface area contributed by atoms with Crippen LogP contribution in [-0.2, 0) is 16.6 Å². The summed E-state index contributed by atoms with van der Waals surface area (Å²) in [6, 6.07) is 12.0. The van der Waals surface area contributed by atoms with Gasteiger partial charge in [-0.25, -0.2) is 9.97 Å². The minimum atomic E-state index is -4.57. The largest absolute Gasteiger partial charge is 0.416 e. The number of nitrogens with zero attached hydrogens (tertiary/aromatic N) is 2. The van der Waals surface area contributed by atoms with Crippen LogP contribution in [0.2, 0.25) is 0 Å². The van der Waals surface area contributed by atoms with Crippen molar-refractivity contribution in [2.45, 2.75) is 63.3 Å². The Bertz CT molecular complexity index is 1460. The molecule has 11 heteroatoms. The van der Waals surface area contributed by atoms with Gasteiger partial charge in [0.15, 0.2) is 0 Å². The molecule has 228 valence electrons. The fraction of sp³-hybridized carbons (Fsp3) is 0.438. The molecule has 4 N–H and O–H groups in total. The molecule has 1 aliphatic carbocycles. The molecule has 2 amide bonds. The summed E-state index contributed by atoms with van der Waals surface area (Å²) in [7, 11) is 0. The zero-order chi connectivity index (χ0) is 30.8. The highest BCUT2D eigenvalue weighted by Gasteiger charge is 2.46. The Morgan fingerprint density at radius 2 is 1.70 bits per heavy atom. The maximum atomic E-state index is 13.0. The minimum Gasteiger partial charge on any atom is -0.385 e. The van der Waals surface area contributed by atoms with Gasteiger partial charge in [-0.05, 0) is 87.7 Å². The normalized spacial score (nSPS) is 24.0. The Morgan fingerprint density at radius 3 is 2.30 bits per heavy atom. The van der Waals surface area contributed by atoms with Gasteiger partial charge >= 0.3 is 6.18 Å². The van der Waals surface area contributed by atoms with Crippen LogP contribution in [0.1, 0.15) is 65.0 Å². The molecule has 2 aromatic carbocycles. The number of aryl methyl sites for hydroxylation is 2. The molecule has 1 aliphatic heterocycles. The molecule has 1 atom stereocenters. The number of halogens is 3. The van der Waals surface area contributed by atoms with E-state index in [1.165, 1.54) is 6.07 Å². The highest BCUT2D eigenvalue weighted by Crippen LogP contribution is 2.45. The van der Waals surface area contributed by atoms with Crippen molar-refractivity contribution >= 4 is 11.8 Å². The van der Waals surface area contributed by atoms with E-state index in [0.717, 1.165) is 52.8 Å². The van der Waals surface area contributed by atoms with Crippen LogP contribution >= 0.6 is 0 Å². The molecule has 5 rings (SSSR count). The molecular formula is C32H36F3N5O3. The number of carbonyl (C=O) groups is 2. The number of amides is 2. The maximum Gasteiger partial charge on any atom is 0.416 e. The molecule has 1 aromatic heterocycles. The third-order valence-corrected chi connectivity index (χ3v) is 8.97. The number of alkyl halides is 3. The van der Waals surface area contributed by atoms with Crippen LogP contribution in [0.4, 0.5) is 13.2 Å². The van der Waals surface area contributed by atoms with Gasteiger partial charge in [0.1, 0.15) is 6.33 Å². The minimum absolute atomic E-state index is 0.108. The lowest BCUT2D eigenvalue weighted by molar-refractivity contribution is -0.137. The van der Waals surface area contributed by atoms with Gasteiger partial charge in [-0.15, -0.1) is 0 Å². The van der Waals surface area contributed by atoms with Gasteiger partial charge in [0.25, 0.3) is 5.91 Å². The summed E-state index contributed by atoms with van der Waals surface area (Å²) >= 11 is 0. The number of nitrogens with one attached hydrogen (secondary N) is 3. The Hall–Kier alpha value is -3.83. The quantitative estimate of drug-likeness (QED) is 0.321. The molecule has 1 saturated heterocycles. The SMILES string of the molecule is Cc1ncnc(C)c1-c1ccc(C2(O)CCC([C@]3(NC(=O)CNC(=O)c4cccc(C(F)(F)F)c4)CCNC3)CC2)cc1. The average molecular weight is 596 g/mol. The van der Waals surface area contributed by atoms with E-state index in [2.05, 4.69) is 25.9 Å². The Balaban J connectivity index is 1.20. The molecule has 0 unspecified atom stereocenters. The number of carbonyl (C=O) groups excluding carboxylic acids is 2. The molecule has 43 heavy (non-hydrogen) atoms. The third kappa shape index (κ3) is 6.57. The van der Waals surface area contributed by atoms with Gasteiger partial charge in [-0.3, -0.25) is 9.59 Å². The molecular weight excluding hydrogens is 559 g/mol. The van der Waals surface area contributed by atoms with E-state index >= 15 is 0 Å². The van der Waals surface area contributed by atoms with Crippen LogP contribution in [0, 0.1) is 19.8 Å². The van der Waals surface area contributed by atoms with E-state index in [1.54, 1.807) is 6.33 Å². The van der Waals surface area contributed by atoms with Crippen molar-refractivity contribution in [3.05, 3.63) is 82.9 Å². The van der Waals surface area contributed by atoms with E-state index in [9.17, 15) is 27.9 Å². The number of benzene rings is 2. The third-order valence-electron chi connectivity index (χ3n) is 8.97. The first kappa shape index (κ1) is 30.6. The van der Waals surface area contributed by atoms with Crippen LogP contribution in [0.25, 0.3) is 11.1 Å². The molecule has 1 saturated carbocycles.